The van der Waals surface area contributed by atoms with Crippen LogP contribution < -0.4 is 15.8 Å². The van der Waals surface area contributed by atoms with Crippen molar-refractivity contribution in [1.82, 2.24) is 10.6 Å². The molecule has 0 saturated carbocycles. The number of primary sulfonamides is 1. The molecule has 0 unspecified atom stereocenters. The van der Waals surface area contributed by atoms with E-state index in [1.165, 1.54) is 7.05 Å². The normalized spacial score (nSPS) is 25.1. The Morgan fingerprint density at radius 1 is 1.75 bits per heavy atom. The summed E-state index contributed by atoms with van der Waals surface area (Å²) in [4.78, 5) is 3.50. The van der Waals surface area contributed by atoms with Gasteiger partial charge in [0.25, 0.3) is 0 Å². The van der Waals surface area contributed by atoms with E-state index in [9.17, 15) is 8.42 Å². The van der Waals surface area contributed by atoms with Crippen molar-refractivity contribution in [3.05, 3.63) is 10.8 Å². The van der Waals surface area contributed by atoms with E-state index in [0.29, 0.717) is 13.2 Å². The highest BCUT2D eigenvalue weighted by Crippen LogP contribution is 2.10. The molecule has 0 bridgehead atoms. The Morgan fingerprint density at radius 3 is 2.81 bits per heavy atom. The van der Waals surface area contributed by atoms with E-state index in [4.69, 9.17) is 9.88 Å². The van der Waals surface area contributed by atoms with Crippen LogP contribution in [0.2, 0.25) is 0 Å². The molecule has 16 heavy (non-hydrogen) atoms. The van der Waals surface area contributed by atoms with Crippen LogP contribution >= 0.6 is 0 Å². The molecule has 1 rings (SSSR count). The minimum absolute atomic E-state index is 0.135. The third-order valence-electron chi connectivity index (χ3n) is 2.12. The highest BCUT2D eigenvalue weighted by atomic mass is 32.2. The van der Waals surface area contributed by atoms with E-state index in [1.807, 2.05) is 0 Å². The van der Waals surface area contributed by atoms with Crippen molar-refractivity contribution in [2.24, 2.45) is 10.1 Å². The molecule has 1 aliphatic heterocycles. The van der Waals surface area contributed by atoms with Crippen LogP contribution in [-0.2, 0) is 14.8 Å². The van der Waals surface area contributed by atoms with Crippen LogP contribution in [0.3, 0.4) is 0 Å². The number of nitrogens with zero attached hydrogens (tertiary/aromatic N) is 1. The molecule has 0 aromatic carbocycles. The Balaban J connectivity index is 2.94. The molecular formula is C8H16N4O3S. The SMILES string of the molecule is C/N=C\C(=C1/NC[C@H](NC)CO1)S(N)(=O)=O. The maximum atomic E-state index is 11.3. The van der Waals surface area contributed by atoms with Gasteiger partial charge in [0.15, 0.2) is 4.91 Å². The number of hydrogen-bond acceptors (Lipinski definition) is 6. The number of sulfonamides is 1. The summed E-state index contributed by atoms with van der Waals surface area (Å²) in [6, 6.07) is 0.143. The third-order valence-corrected chi connectivity index (χ3v) is 3.03. The lowest BCUT2D eigenvalue weighted by Crippen LogP contribution is -2.45. The minimum atomic E-state index is -3.83. The Labute approximate surface area is 94.8 Å². The number of rotatable bonds is 3. The summed E-state index contributed by atoms with van der Waals surface area (Å²) in [6.07, 6.45) is 1.16. The molecule has 92 valence electrons. The van der Waals surface area contributed by atoms with Gasteiger partial charge in [0.05, 0.1) is 6.04 Å². The molecule has 1 saturated heterocycles. The second-order valence-electron chi connectivity index (χ2n) is 3.30. The number of likely N-dealkylation sites (N-methyl/N-ethyl adjacent to an activating group) is 1. The van der Waals surface area contributed by atoms with Crippen molar-refractivity contribution < 1.29 is 13.2 Å². The van der Waals surface area contributed by atoms with Crippen LogP contribution in [0.25, 0.3) is 0 Å². The highest BCUT2D eigenvalue weighted by molar-refractivity contribution is 7.94. The molecule has 1 fully saturated rings. The smallest absolute Gasteiger partial charge is 0.244 e. The van der Waals surface area contributed by atoms with E-state index in [-0.39, 0.29) is 16.8 Å². The van der Waals surface area contributed by atoms with Gasteiger partial charge in [-0.05, 0) is 7.05 Å². The summed E-state index contributed by atoms with van der Waals surface area (Å²) in [5.41, 5.74) is 0. The van der Waals surface area contributed by atoms with Crippen molar-refractivity contribution in [2.75, 3.05) is 27.2 Å². The monoisotopic (exact) mass is 248 g/mol. The minimum Gasteiger partial charge on any atom is -0.476 e. The van der Waals surface area contributed by atoms with Gasteiger partial charge in [0, 0.05) is 19.8 Å². The highest BCUT2D eigenvalue weighted by Gasteiger charge is 2.23. The fourth-order valence-corrected chi connectivity index (χ4v) is 1.87. The Morgan fingerprint density at radius 2 is 2.44 bits per heavy atom. The molecule has 0 aliphatic carbocycles. The van der Waals surface area contributed by atoms with E-state index in [1.54, 1.807) is 7.05 Å². The fourth-order valence-electron chi connectivity index (χ4n) is 1.23. The van der Waals surface area contributed by atoms with E-state index < -0.39 is 10.0 Å². The van der Waals surface area contributed by atoms with Gasteiger partial charge in [0.1, 0.15) is 6.61 Å². The maximum absolute atomic E-state index is 11.3. The molecule has 4 N–H and O–H groups in total. The lowest BCUT2D eigenvalue weighted by Gasteiger charge is -2.26. The second-order valence-corrected chi connectivity index (χ2v) is 4.83. The Hall–Kier alpha value is -1.12. The van der Waals surface area contributed by atoms with Crippen LogP contribution in [-0.4, -0.2) is 47.9 Å². The van der Waals surface area contributed by atoms with Crippen molar-refractivity contribution in [1.29, 1.82) is 0 Å². The van der Waals surface area contributed by atoms with Crippen LogP contribution in [0.1, 0.15) is 0 Å². The van der Waals surface area contributed by atoms with Crippen molar-refractivity contribution >= 4 is 16.2 Å². The molecule has 0 radical (unpaired) electrons. The average molecular weight is 248 g/mol. The summed E-state index contributed by atoms with van der Waals surface area (Å²) < 4.78 is 27.8. The quantitative estimate of drug-likeness (QED) is 0.519. The molecule has 1 atom stereocenters. The van der Waals surface area contributed by atoms with Crippen molar-refractivity contribution in [3.8, 4) is 0 Å². The first-order chi connectivity index (χ1) is 7.49. The van der Waals surface area contributed by atoms with Crippen molar-refractivity contribution in [2.45, 2.75) is 6.04 Å². The Bertz CT molecular complexity index is 392. The first-order valence-electron chi connectivity index (χ1n) is 4.72. The summed E-state index contributed by atoms with van der Waals surface area (Å²) in [5.74, 6) is 0.152. The van der Waals surface area contributed by atoms with E-state index in [0.717, 1.165) is 6.21 Å². The van der Waals surface area contributed by atoms with Crippen LogP contribution in [0.4, 0.5) is 0 Å². The standard InChI is InChI=1S/C8H16N4O3S/c1-10-4-7(16(9,13)14)8-12-3-6(11-2)5-15-8/h4,6,11-12H,3,5H2,1-2H3,(H2,9,13,14)/b8-7-,10-4-/t6-/m0/s1. The summed E-state index contributed by atoms with van der Waals surface area (Å²) in [5, 5.41) is 10.9. The van der Waals surface area contributed by atoms with Gasteiger partial charge in [-0.3, -0.25) is 4.99 Å². The first-order valence-corrected chi connectivity index (χ1v) is 6.27. The van der Waals surface area contributed by atoms with Crippen LogP contribution in [0, 0.1) is 0 Å². The molecule has 0 amide bonds. The van der Waals surface area contributed by atoms with Gasteiger partial charge in [-0.1, -0.05) is 0 Å². The van der Waals surface area contributed by atoms with Crippen LogP contribution in [0.15, 0.2) is 15.8 Å². The number of hydrogen-bond donors (Lipinski definition) is 3. The number of nitrogens with two attached hydrogens (primary N) is 1. The average Bonchev–Trinajstić information content (AvgIpc) is 2.25. The zero-order chi connectivity index (χ0) is 12.2. The van der Waals surface area contributed by atoms with Gasteiger partial charge in [0.2, 0.25) is 15.9 Å². The Kier molecular flexibility index (Phi) is 4.27. The van der Waals surface area contributed by atoms with Crippen LogP contribution in [0.5, 0.6) is 0 Å². The molecule has 0 aromatic heterocycles. The lowest BCUT2D eigenvalue weighted by atomic mass is 10.3. The topological polar surface area (TPSA) is 106 Å². The molecular weight excluding hydrogens is 232 g/mol. The molecule has 0 spiro atoms. The summed E-state index contributed by atoms with van der Waals surface area (Å²) in [7, 11) is -0.561. The molecule has 8 heteroatoms. The number of allylic oxidation sites excluding steroid dienone is 1. The number of aliphatic imine (C=N–C) groups is 1. The first kappa shape index (κ1) is 12.9. The zero-order valence-electron chi connectivity index (χ0n) is 9.23. The van der Waals surface area contributed by atoms with E-state index >= 15 is 0 Å². The predicted molar refractivity (Wildman–Crippen MR) is 61.4 cm³/mol. The molecule has 7 nitrogen and oxygen atoms in total. The number of ether oxygens (including phenoxy) is 1. The van der Waals surface area contributed by atoms with E-state index in [2.05, 4.69) is 15.6 Å². The zero-order valence-corrected chi connectivity index (χ0v) is 10.0. The van der Waals surface area contributed by atoms with Crippen molar-refractivity contribution in [3.63, 3.8) is 0 Å². The fraction of sp³-hybridized carbons (Fsp3) is 0.625. The lowest BCUT2D eigenvalue weighted by molar-refractivity contribution is 0.129. The molecule has 1 heterocycles. The molecule has 0 aromatic rings. The summed E-state index contributed by atoms with van der Waals surface area (Å²) in [6.45, 7) is 0.956. The maximum Gasteiger partial charge on any atom is 0.244 e. The largest absolute Gasteiger partial charge is 0.476 e. The van der Waals surface area contributed by atoms with Gasteiger partial charge in [-0.2, -0.15) is 0 Å². The second kappa shape index (κ2) is 5.28. The predicted octanol–water partition coefficient (Wildman–Crippen LogP) is -1.65. The van der Waals surface area contributed by atoms with Gasteiger partial charge in [-0.15, -0.1) is 0 Å². The van der Waals surface area contributed by atoms with Gasteiger partial charge in [-0.25, -0.2) is 13.6 Å². The number of nitrogens with one attached hydrogen (secondary N) is 2. The molecule has 1 aliphatic rings. The third kappa shape index (κ3) is 3.19. The van der Waals surface area contributed by atoms with Gasteiger partial charge < -0.3 is 15.4 Å². The summed E-state index contributed by atoms with van der Waals surface area (Å²) >= 11 is 0. The van der Waals surface area contributed by atoms with Gasteiger partial charge >= 0.3 is 0 Å².